The summed E-state index contributed by atoms with van der Waals surface area (Å²) in [6.45, 7) is 7.33. The summed E-state index contributed by atoms with van der Waals surface area (Å²) in [6.07, 6.45) is 6.03. The average Bonchev–Trinajstić information content (AvgIpc) is 3.14. The highest BCUT2D eigenvalue weighted by molar-refractivity contribution is 7.99. The number of ether oxygens (including phenoxy) is 1. The summed E-state index contributed by atoms with van der Waals surface area (Å²) in [5, 5.41) is 5.02. The maximum atomic E-state index is 12.8. The average molecular weight is 558 g/mol. The molecule has 2 heterocycles. The molecule has 1 atom stereocenters. The number of alkyl carbamates (subject to hydrolysis) is 1. The van der Waals surface area contributed by atoms with Crippen molar-refractivity contribution < 1.29 is 9.53 Å². The molecule has 1 aromatic heterocycles. The van der Waals surface area contributed by atoms with Gasteiger partial charge in [-0.2, -0.15) is 0 Å². The number of rotatable bonds is 4. The molecule has 1 spiro atoms. The van der Waals surface area contributed by atoms with Crippen LogP contribution >= 0.6 is 35.0 Å². The Morgan fingerprint density at radius 3 is 2.54 bits per heavy atom. The van der Waals surface area contributed by atoms with Gasteiger partial charge in [0, 0.05) is 23.4 Å². The second kappa shape index (κ2) is 10.4. The summed E-state index contributed by atoms with van der Waals surface area (Å²) in [5.74, 6) is 0.851. The first-order chi connectivity index (χ1) is 17.6. The minimum Gasteiger partial charge on any atom is -0.444 e. The normalized spacial score (nSPS) is 18.5. The quantitative estimate of drug-likeness (QED) is 0.362. The van der Waals surface area contributed by atoms with E-state index in [2.05, 4.69) is 38.4 Å². The fourth-order valence-corrected chi connectivity index (χ4v) is 6.55. The SMILES string of the molecule is CC(C)(C)OC(=O)N[C@@H]1c2ccccc2CC12CCN(c1cnc(Sc3cccc(Cl)c3Cl)cn1)CC2. The predicted molar refractivity (Wildman–Crippen MR) is 149 cm³/mol. The summed E-state index contributed by atoms with van der Waals surface area (Å²) < 4.78 is 5.61. The fourth-order valence-electron chi connectivity index (χ4n) is 5.29. The Bertz CT molecular complexity index is 1290. The van der Waals surface area contributed by atoms with Crippen LogP contribution in [0.3, 0.4) is 0 Å². The Labute approximate surface area is 232 Å². The minimum atomic E-state index is -0.542. The summed E-state index contributed by atoms with van der Waals surface area (Å²) in [6, 6.07) is 13.9. The molecule has 0 unspecified atom stereocenters. The number of halogens is 2. The number of fused-ring (bicyclic) bond motifs is 1. The summed E-state index contributed by atoms with van der Waals surface area (Å²) in [7, 11) is 0. The van der Waals surface area contributed by atoms with E-state index in [-0.39, 0.29) is 17.6 Å². The molecule has 6 nitrogen and oxygen atoms in total. The lowest BCUT2D eigenvalue weighted by atomic mass is 9.72. The van der Waals surface area contributed by atoms with Crippen LogP contribution in [0.5, 0.6) is 0 Å². The van der Waals surface area contributed by atoms with Crippen LogP contribution in [0, 0.1) is 5.41 Å². The molecule has 1 saturated heterocycles. The van der Waals surface area contributed by atoms with E-state index in [1.807, 2.05) is 45.2 Å². The van der Waals surface area contributed by atoms with Crippen molar-refractivity contribution in [2.24, 2.45) is 5.41 Å². The molecule has 1 aliphatic heterocycles. The Balaban J connectivity index is 1.28. The number of amides is 1. The number of piperidine rings is 1. The molecule has 37 heavy (non-hydrogen) atoms. The van der Waals surface area contributed by atoms with E-state index in [4.69, 9.17) is 27.9 Å². The van der Waals surface area contributed by atoms with Crippen molar-refractivity contribution in [1.82, 2.24) is 15.3 Å². The Kier molecular flexibility index (Phi) is 7.31. The van der Waals surface area contributed by atoms with Crippen molar-refractivity contribution in [3.63, 3.8) is 0 Å². The van der Waals surface area contributed by atoms with E-state index in [9.17, 15) is 4.79 Å². The number of anilines is 1. The van der Waals surface area contributed by atoms with Crippen molar-refractivity contribution in [2.45, 2.75) is 61.6 Å². The molecule has 1 N–H and O–H groups in total. The first-order valence-electron chi connectivity index (χ1n) is 12.4. The second-order valence-corrected chi connectivity index (χ2v) is 12.5. The number of hydrogen-bond donors (Lipinski definition) is 1. The second-order valence-electron chi connectivity index (χ2n) is 10.7. The van der Waals surface area contributed by atoms with Gasteiger partial charge in [0.1, 0.15) is 16.4 Å². The maximum absolute atomic E-state index is 12.8. The third-order valence-electron chi connectivity index (χ3n) is 7.01. The number of nitrogens with one attached hydrogen (secondary N) is 1. The largest absolute Gasteiger partial charge is 0.444 e. The van der Waals surface area contributed by atoms with Crippen LogP contribution in [-0.4, -0.2) is 34.8 Å². The van der Waals surface area contributed by atoms with Crippen molar-refractivity contribution in [3.8, 4) is 0 Å². The molecule has 1 aliphatic carbocycles. The molecule has 194 valence electrons. The number of nitrogens with zero attached hydrogens (tertiary/aromatic N) is 3. The lowest BCUT2D eigenvalue weighted by Crippen LogP contribution is -2.47. The van der Waals surface area contributed by atoms with E-state index >= 15 is 0 Å². The molecule has 1 fully saturated rings. The van der Waals surface area contributed by atoms with Crippen molar-refractivity contribution in [1.29, 1.82) is 0 Å². The van der Waals surface area contributed by atoms with Crippen molar-refractivity contribution in [2.75, 3.05) is 18.0 Å². The highest BCUT2D eigenvalue weighted by atomic mass is 35.5. The van der Waals surface area contributed by atoms with Gasteiger partial charge in [-0.1, -0.05) is 65.3 Å². The molecule has 5 rings (SSSR count). The zero-order chi connectivity index (χ0) is 26.2. The molecule has 0 saturated carbocycles. The fraction of sp³-hybridized carbons (Fsp3) is 0.393. The molecule has 0 bridgehead atoms. The monoisotopic (exact) mass is 556 g/mol. The molecule has 1 amide bonds. The van der Waals surface area contributed by atoms with Crippen LogP contribution in [0.4, 0.5) is 10.6 Å². The number of carbonyl (C=O) groups excluding carboxylic acids is 1. The highest BCUT2D eigenvalue weighted by Crippen LogP contribution is 2.52. The molecular weight excluding hydrogens is 527 g/mol. The zero-order valence-electron chi connectivity index (χ0n) is 21.1. The van der Waals surface area contributed by atoms with E-state index in [1.165, 1.54) is 22.9 Å². The van der Waals surface area contributed by atoms with Gasteiger partial charge in [-0.15, -0.1) is 0 Å². The van der Waals surface area contributed by atoms with Gasteiger partial charge in [0.2, 0.25) is 0 Å². The van der Waals surface area contributed by atoms with Crippen LogP contribution in [0.25, 0.3) is 0 Å². The van der Waals surface area contributed by atoms with Crippen LogP contribution in [-0.2, 0) is 11.2 Å². The molecule has 3 aromatic rings. The van der Waals surface area contributed by atoms with Gasteiger partial charge < -0.3 is 15.0 Å². The third kappa shape index (κ3) is 5.69. The number of hydrogen-bond acceptors (Lipinski definition) is 6. The van der Waals surface area contributed by atoms with Crippen molar-refractivity contribution in [3.05, 3.63) is 76.0 Å². The van der Waals surface area contributed by atoms with Crippen LogP contribution in [0.2, 0.25) is 10.0 Å². The maximum Gasteiger partial charge on any atom is 0.408 e. The van der Waals surface area contributed by atoms with E-state index < -0.39 is 5.60 Å². The van der Waals surface area contributed by atoms with Crippen LogP contribution in [0.1, 0.15) is 50.8 Å². The Hall–Kier alpha value is -2.48. The van der Waals surface area contributed by atoms with Gasteiger partial charge in [0.15, 0.2) is 0 Å². The lowest BCUT2D eigenvalue weighted by Gasteiger charge is -2.43. The summed E-state index contributed by atoms with van der Waals surface area (Å²) in [4.78, 5) is 25.2. The lowest BCUT2D eigenvalue weighted by molar-refractivity contribution is 0.0428. The number of benzene rings is 2. The van der Waals surface area contributed by atoms with Gasteiger partial charge in [-0.25, -0.2) is 14.8 Å². The third-order valence-corrected chi connectivity index (χ3v) is 8.92. The summed E-state index contributed by atoms with van der Waals surface area (Å²) in [5.41, 5.74) is 1.91. The number of carbonyl (C=O) groups is 1. The first kappa shape index (κ1) is 26.1. The first-order valence-corrected chi connectivity index (χ1v) is 14.0. The molecule has 2 aliphatic rings. The van der Waals surface area contributed by atoms with E-state index in [0.717, 1.165) is 48.1 Å². The standard InChI is InChI=1S/C28H30Cl2N4O2S/c1-27(2,3)36-26(35)33-25-19-8-5-4-7-18(19)15-28(25)11-13-34(14-12-28)22-16-32-23(17-31-22)37-21-10-6-9-20(29)24(21)30/h4-10,16-17,25H,11-15H2,1-3H3,(H,33,35)/t25-/m1/s1. The number of aromatic nitrogens is 2. The topological polar surface area (TPSA) is 67.3 Å². The highest BCUT2D eigenvalue weighted by Gasteiger charge is 2.48. The Morgan fingerprint density at radius 2 is 1.84 bits per heavy atom. The van der Waals surface area contributed by atoms with E-state index in [1.54, 1.807) is 12.3 Å². The minimum absolute atomic E-state index is 0.0519. The van der Waals surface area contributed by atoms with Gasteiger partial charge in [-0.05, 0) is 63.3 Å². The molecule has 9 heteroatoms. The van der Waals surface area contributed by atoms with Gasteiger partial charge in [0.25, 0.3) is 0 Å². The van der Waals surface area contributed by atoms with E-state index in [0.29, 0.717) is 10.0 Å². The molecule has 2 aromatic carbocycles. The smallest absolute Gasteiger partial charge is 0.408 e. The van der Waals surface area contributed by atoms with Crippen LogP contribution in [0.15, 0.2) is 64.8 Å². The molecule has 0 radical (unpaired) electrons. The van der Waals surface area contributed by atoms with Crippen molar-refractivity contribution >= 4 is 46.9 Å². The van der Waals surface area contributed by atoms with Crippen LogP contribution < -0.4 is 10.2 Å². The van der Waals surface area contributed by atoms with Gasteiger partial charge in [0.05, 0.1) is 28.5 Å². The Morgan fingerprint density at radius 1 is 1.08 bits per heavy atom. The summed E-state index contributed by atoms with van der Waals surface area (Å²) >= 11 is 13.9. The zero-order valence-corrected chi connectivity index (χ0v) is 23.5. The molecular formula is C28H30Cl2N4O2S. The van der Waals surface area contributed by atoms with Gasteiger partial charge in [-0.3, -0.25) is 0 Å². The predicted octanol–water partition coefficient (Wildman–Crippen LogP) is 7.34. The van der Waals surface area contributed by atoms with Gasteiger partial charge >= 0.3 is 6.09 Å².